The van der Waals surface area contributed by atoms with Crippen molar-refractivity contribution < 1.29 is 19.4 Å². The molecule has 0 amide bonds. The van der Waals surface area contributed by atoms with Crippen LogP contribution in [-0.4, -0.2) is 18.2 Å². The van der Waals surface area contributed by atoms with Crippen LogP contribution in [-0.2, 0) is 0 Å². The van der Waals surface area contributed by atoms with Gasteiger partial charge in [0.25, 0.3) is 0 Å². The first kappa shape index (κ1) is 15.7. The molecule has 0 aliphatic heterocycles. The second kappa shape index (κ2) is 6.36. The summed E-state index contributed by atoms with van der Waals surface area (Å²) in [6.07, 6.45) is 0. The Labute approximate surface area is 137 Å². The van der Waals surface area contributed by atoms with Crippen molar-refractivity contribution >= 4 is 43.5 Å². The summed E-state index contributed by atoms with van der Waals surface area (Å²) < 4.78 is 12.3. The molecule has 0 aromatic heterocycles. The molecule has 0 radical (unpaired) electrons. The number of ether oxygens (including phenoxy) is 2. The van der Waals surface area contributed by atoms with Crippen molar-refractivity contribution in [3.05, 3.63) is 44.8 Å². The monoisotopic (exact) mass is 415 g/mol. The van der Waals surface area contributed by atoms with Gasteiger partial charge in [0.1, 0.15) is 17.2 Å². The molecule has 0 fully saturated rings. The third kappa shape index (κ3) is 3.48. The minimum absolute atomic E-state index is 0.0392. The Bertz CT molecular complexity index is 704. The van der Waals surface area contributed by atoms with E-state index in [1.165, 1.54) is 12.1 Å². The Balaban J connectivity index is 2.32. The fourth-order valence-electron chi connectivity index (χ4n) is 1.67. The Morgan fingerprint density at radius 1 is 1.14 bits per heavy atom. The van der Waals surface area contributed by atoms with E-state index in [2.05, 4.69) is 31.9 Å². The van der Waals surface area contributed by atoms with E-state index >= 15 is 0 Å². The summed E-state index contributed by atoms with van der Waals surface area (Å²) in [4.78, 5) is 10.9. The molecule has 7 heteroatoms. The van der Waals surface area contributed by atoms with Crippen LogP contribution in [0.3, 0.4) is 0 Å². The lowest BCUT2D eigenvalue weighted by Gasteiger charge is -2.12. The molecule has 0 aliphatic rings. The summed E-state index contributed by atoms with van der Waals surface area (Å²) in [7, 11) is 1.57. The van der Waals surface area contributed by atoms with Gasteiger partial charge in [0, 0.05) is 11.8 Å². The van der Waals surface area contributed by atoms with Crippen molar-refractivity contribution in [2.24, 2.45) is 0 Å². The lowest BCUT2D eigenvalue weighted by atomic mass is 10.2. The van der Waals surface area contributed by atoms with Gasteiger partial charge in [0.2, 0.25) is 0 Å². The van der Waals surface area contributed by atoms with Gasteiger partial charge in [-0.25, -0.2) is 4.79 Å². The van der Waals surface area contributed by atoms with Crippen LogP contribution in [0.15, 0.2) is 39.3 Å². The Morgan fingerprint density at radius 3 is 2.33 bits per heavy atom. The van der Waals surface area contributed by atoms with Crippen molar-refractivity contribution in [1.82, 2.24) is 0 Å². The number of methoxy groups -OCH3 is 1. The molecule has 2 aromatic carbocycles. The van der Waals surface area contributed by atoms with Crippen LogP contribution in [0.25, 0.3) is 0 Å². The minimum atomic E-state index is -1.08. The summed E-state index contributed by atoms with van der Waals surface area (Å²) in [5.74, 6) is 0.572. The number of carboxylic acid groups (broad SMARTS) is 1. The van der Waals surface area contributed by atoms with Gasteiger partial charge in [-0.15, -0.1) is 0 Å². The molecule has 3 N–H and O–H groups in total. The van der Waals surface area contributed by atoms with E-state index in [0.29, 0.717) is 21.7 Å². The lowest BCUT2D eigenvalue weighted by Crippen LogP contribution is -2.02. The number of carbonyl (C=O) groups is 1. The first-order valence-electron chi connectivity index (χ1n) is 5.76. The Kier molecular flexibility index (Phi) is 4.74. The van der Waals surface area contributed by atoms with Gasteiger partial charge in [-0.05, 0) is 56.1 Å². The quantitative estimate of drug-likeness (QED) is 0.726. The maximum absolute atomic E-state index is 10.9. The summed E-state index contributed by atoms with van der Waals surface area (Å²) in [6.45, 7) is 0. The molecule has 0 unspecified atom stereocenters. The predicted octanol–water partition coefficient (Wildman–Crippen LogP) is 4.29. The van der Waals surface area contributed by atoms with Crippen LogP contribution < -0.4 is 15.2 Å². The normalized spacial score (nSPS) is 10.2. The van der Waals surface area contributed by atoms with E-state index in [4.69, 9.17) is 20.3 Å². The molecule has 0 saturated carbocycles. The number of hydrogen-bond acceptors (Lipinski definition) is 4. The number of nitrogens with two attached hydrogens (primary N) is 1. The fourth-order valence-corrected chi connectivity index (χ4v) is 2.56. The molecule has 0 aliphatic carbocycles. The number of carboxylic acids is 1. The molecule has 2 rings (SSSR count). The van der Waals surface area contributed by atoms with Crippen molar-refractivity contribution in [3.63, 3.8) is 0 Å². The number of hydrogen-bond donors (Lipinski definition) is 2. The van der Waals surface area contributed by atoms with Crippen LogP contribution in [0.2, 0.25) is 0 Å². The van der Waals surface area contributed by atoms with E-state index in [-0.39, 0.29) is 11.3 Å². The molecule has 0 atom stereocenters. The van der Waals surface area contributed by atoms with Crippen LogP contribution in [0.4, 0.5) is 5.69 Å². The number of aromatic carboxylic acids is 1. The van der Waals surface area contributed by atoms with Crippen molar-refractivity contribution in [2.75, 3.05) is 12.8 Å². The van der Waals surface area contributed by atoms with E-state index in [1.54, 1.807) is 25.3 Å². The average molecular weight is 417 g/mol. The van der Waals surface area contributed by atoms with Gasteiger partial charge < -0.3 is 20.3 Å². The molecule has 0 saturated heterocycles. The Morgan fingerprint density at radius 2 is 1.76 bits per heavy atom. The zero-order valence-corrected chi connectivity index (χ0v) is 14.1. The number of halogens is 2. The van der Waals surface area contributed by atoms with Gasteiger partial charge in [-0.3, -0.25) is 0 Å². The standard InChI is InChI=1S/C14H11Br2NO4/c1-20-12-5-10(16)13(6-9(12)15)21-7-2-3-8(14(18)19)11(17)4-7/h2-6H,17H2,1H3,(H,18,19). The SMILES string of the molecule is COc1cc(Br)c(Oc2ccc(C(=O)O)c(N)c2)cc1Br. The minimum Gasteiger partial charge on any atom is -0.496 e. The molecule has 21 heavy (non-hydrogen) atoms. The Hall–Kier alpha value is -1.73. The maximum atomic E-state index is 10.9. The fraction of sp³-hybridized carbons (Fsp3) is 0.0714. The third-order valence-electron chi connectivity index (χ3n) is 2.69. The molecule has 0 spiro atoms. The maximum Gasteiger partial charge on any atom is 0.337 e. The van der Waals surface area contributed by atoms with Gasteiger partial charge >= 0.3 is 5.97 Å². The molecule has 0 heterocycles. The van der Waals surface area contributed by atoms with Crippen molar-refractivity contribution in [1.29, 1.82) is 0 Å². The van der Waals surface area contributed by atoms with E-state index in [9.17, 15) is 4.79 Å². The number of rotatable bonds is 4. The second-order valence-electron chi connectivity index (χ2n) is 4.07. The van der Waals surface area contributed by atoms with Crippen LogP contribution in [0.1, 0.15) is 10.4 Å². The highest BCUT2D eigenvalue weighted by atomic mass is 79.9. The summed E-state index contributed by atoms with van der Waals surface area (Å²) >= 11 is 6.76. The van der Waals surface area contributed by atoms with Gasteiger partial charge in [0.05, 0.1) is 21.6 Å². The van der Waals surface area contributed by atoms with Crippen molar-refractivity contribution in [2.45, 2.75) is 0 Å². The van der Waals surface area contributed by atoms with Crippen LogP contribution >= 0.6 is 31.9 Å². The van der Waals surface area contributed by atoms with E-state index in [0.717, 1.165) is 4.47 Å². The van der Waals surface area contributed by atoms with Gasteiger partial charge in [-0.1, -0.05) is 0 Å². The third-order valence-corrected chi connectivity index (χ3v) is 3.93. The molecule has 5 nitrogen and oxygen atoms in total. The second-order valence-corrected chi connectivity index (χ2v) is 5.78. The molecule has 110 valence electrons. The number of benzene rings is 2. The number of anilines is 1. The first-order valence-corrected chi connectivity index (χ1v) is 7.34. The van der Waals surface area contributed by atoms with Crippen LogP contribution in [0.5, 0.6) is 17.2 Å². The number of nitrogen functional groups attached to an aromatic ring is 1. The summed E-state index contributed by atoms with van der Waals surface area (Å²) in [5.41, 5.74) is 5.87. The molecule has 0 bridgehead atoms. The summed E-state index contributed by atoms with van der Waals surface area (Å²) in [6, 6.07) is 7.91. The van der Waals surface area contributed by atoms with Gasteiger partial charge in [-0.2, -0.15) is 0 Å². The molecular weight excluding hydrogens is 406 g/mol. The lowest BCUT2D eigenvalue weighted by molar-refractivity contribution is 0.0698. The molecular formula is C14H11Br2NO4. The van der Waals surface area contributed by atoms with Crippen molar-refractivity contribution in [3.8, 4) is 17.2 Å². The van der Waals surface area contributed by atoms with E-state index < -0.39 is 5.97 Å². The highest BCUT2D eigenvalue weighted by molar-refractivity contribution is 9.11. The smallest absolute Gasteiger partial charge is 0.337 e. The predicted molar refractivity (Wildman–Crippen MR) is 86.3 cm³/mol. The van der Waals surface area contributed by atoms with Crippen LogP contribution in [0, 0.1) is 0 Å². The van der Waals surface area contributed by atoms with E-state index in [1.807, 2.05) is 0 Å². The summed E-state index contributed by atoms with van der Waals surface area (Å²) in [5, 5.41) is 8.94. The highest BCUT2D eigenvalue weighted by Crippen LogP contribution is 2.38. The largest absolute Gasteiger partial charge is 0.496 e. The topological polar surface area (TPSA) is 81.8 Å². The van der Waals surface area contributed by atoms with Gasteiger partial charge in [0.15, 0.2) is 0 Å². The molecule has 2 aromatic rings. The first-order chi connectivity index (χ1) is 9.92. The zero-order chi connectivity index (χ0) is 15.6. The highest BCUT2D eigenvalue weighted by Gasteiger charge is 2.12. The zero-order valence-electron chi connectivity index (χ0n) is 10.9. The average Bonchev–Trinajstić information content (AvgIpc) is 2.42.